The Kier molecular flexibility index (Phi) is 6.16. The van der Waals surface area contributed by atoms with Crippen molar-refractivity contribution in [3.05, 3.63) is 34.8 Å². The highest BCUT2D eigenvalue weighted by Gasteiger charge is 2.17. The van der Waals surface area contributed by atoms with Crippen LogP contribution in [0.2, 0.25) is 0 Å². The van der Waals surface area contributed by atoms with Gasteiger partial charge in [0.05, 0.1) is 17.7 Å². The molecule has 1 aliphatic heterocycles. The Morgan fingerprint density at radius 2 is 2.04 bits per heavy atom. The molecular weight excluding hydrogens is 370 g/mol. The Morgan fingerprint density at radius 3 is 2.73 bits per heavy atom. The van der Waals surface area contributed by atoms with Crippen molar-refractivity contribution in [2.45, 2.75) is 37.5 Å². The van der Waals surface area contributed by atoms with E-state index in [1.165, 1.54) is 19.3 Å². The minimum atomic E-state index is -3.53. The molecule has 142 valence electrons. The van der Waals surface area contributed by atoms with E-state index >= 15 is 0 Å². The van der Waals surface area contributed by atoms with Crippen LogP contribution in [0.5, 0.6) is 5.75 Å². The van der Waals surface area contributed by atoms with Gasteiger partial charge in [-0.25, -0.2) is 18.1 Å². The van der Waals surface area contributed by atoms with Gasteiger partial charge in [-0.05, 0) is 49.9 Å². The lowest BCUT2D eigenvalue weighted by atomic mass is 10.1. The molecule has 1 saturated heterocycles. The first-order chi connectivity index (χ1) is 12.5. The van der Waals surface area contributed by atoms with E-state index in [0.29, 0.717) is 18.7 Å². The van der Waals surface area contributed by atoms with Crippen LogP contribution in [0.25, 0.3) is 0 Å². The maximum Gasteiger partial charge on any atom is 0.240 e. The van der Waals surface area contributed by atoms with Crippen molar-refractivity contribution in [1.82, 2.24) is 9.71 Å². The van der Waals surface area contributed by atoms with Gasteiger partial charge in [-0.15, -0.1) is 11.3 Å². The van der Waals surface area contributed by atoms with Crippen molar-refractivity contribution in [2.75, 3.05) is 31.6 Å². The van der Waals surface area contributed by atoms with Crippen LogP contribution in [0.4, 0.5) is 5.13 Å². The number of ether oxygens (including phenoxy) is 1. The van der Waals surface area contributed by atoms with Gasteiger partial charge in [0.15, 0.2) is 5.13 Å². The first-order valence-corrected chi connectivity index (χ1v) is 11.2. The fourth-order valence-corrected chi connectivity index (χ4v) is 5.09. The molecular formula is C18H25N3O3S2. The summed E-state index contributed by atoms with van der Waals surface area (Å²) in [6.07, 6.45) is 4.31. The van der Waals surface area contributed by atoms with E-state index in [9.17, 15) is 8.42 Å². The molecule has 1 aromatic heterocycles. The van der Waals surface area contributed by atoms with Crippen LogP contribution in [0.1, 0.15) is 30.5 Å². The van der Waals surface area contributed by atoms with Crippen LogP contribution in [0, 0.1) is 6.92 Å². The summed E-state index contributed by atoms with van der Waals surface area (Å²) in [4.78, 5) is 7.23. The van der Waals surface area contributed by atoms with E-state index in [0.717, 1.165) is 29.5 Å². The van der Waals surface area contributed by atoms with Crippen molar-refractivity contribution >= 4 is 26.5 Å². The summed E-state index contributed by atoms with van der Waals surface area (Å²) in [7, 11) is -1.96. The number of sulfonamides is 1. The summed E-state index contributed by atoms with van der Waals surface area (Å²) in [6.45, 7) is 4.29. The molecule has 0 aliphatic carbocycles. The highest BCUT2D eigenvalue weighted by atomic mass is 32.2. The number of piperidine rings is 1. The van der Waals surface area contributed by atoms with E-state index in [-0.39, 0.29) is 4.90 Å². The predicted molar refractivity (Wildman–Crippen MR) is 105 cm³/mol. The van der Waals surface area contributed by atoms with Crippen LogP contribution in [0.3, 0.4) is 0 Å². The average molecular weight is 396 g/mol. The van der Waals surface area contributed by atoms with E-state index < -0.39 is 10.0 Å². The van der Waals surface area contributed by atoms with Gasteiger partial charge in [0.2, 0.25) is 10.0 Å². The molecule has 2 heterocycles. The van der Waals surface area contributed by atoms with Gasteiger partial charge >= 0.3 is 0 Å². The maximum absolute atomic E-state index is 12.4. The highest BCUT2D eigenvalue weighted by Crippen LogP contribution is 2.24. The lowest BCUT2D eigenvalue weighted by Crippen LogP contribution is -2.29. The minimum Gasteiger partial charge on any atom is -0.496 e. The molecule has 2 aromatic rings. The number of nitrogens with one attached hydrogen (secondary N) is 1. The number of rotatable bonds is 7. The molecule has 0 amide bonds. The second kappa shape index (κ2) is 8.37. The largest absolute Gasteiger partial charge is 0.496 e. The zero-order valence-corrected chi connectivity index (χ0v) is 16.8. The molecule has 0 bridgehead atoms. The molecule has 8 heteroatoms. The van der Waals surface area contributed by atoms with E-state index in [2.05, 4.69) is 14.6 Å². The zero-order valence-electron chi connectivity index (χ0n) is 15.2. The van der Waals surface area contributed by atoms with Gasteiger partial charge in [0.25, 0.3) is 0 Å². The van der Waals surface area contributed by atoms with Crippen molar-refractivity contribution < 1.29 is 13.2 Å². The first kappa shape index (κ1) is 19.1. The van der Waals surface area contributed by atoms with Gasteiger partial charge < -0.3 is 9.64 Å². The Hall–Kier alpha value is -1.64. The van der Waals surface area contributed by atoms with Crippen LogP contribution in [-0.2, 0) is 16.4 Å². The topological polar surface area (TPSA) is 71.5 Å². The molecule has 0 atom stereocenters. The molecule has 0 unspecified atom stereocenters. The van der Waals surface area contributed by atoms with Gasteiger partial charge in [-0.3, -0.25) is 0 Å². The molecule has 26 heavy (non-hydrogen) atoms. The fraction of sp³-hybridized carbons (Fsp3) is 0.500. The second-order valence-electron chi connectivity index (χ2n) is 6.45. The molecule has 0 radical (unpaired) electrons. The molecule has 0 spiro atoms. The van der Waals surface area contributed by atoms with Gasteiger partial charge in [0, 0.05) is 31.4 Å². The van der Waals surface area contributed by atoms with Gasteiger partial charge in [-0.1, -0.05) is 0 Å². The summed E-state index contributed by atoms with van der Waals surface area (Å²) >= 11 is 1.64. The number of benzene rings is 1. The second-order valence-corrected chi connectivity index (χ2v) is 9.05. The summed E-state index contributed by atoms with van der Waals surface area (Å²) in [5.41, 5.74) is 1.73. The summed E-state index contributed by atoms with van der Waals surface area (Å²) < 4.78 is 32.7. The third-order valence-corrected chi connectivity index (χ3v) is 6.92. The van der Waals surface area contributed by atoms with Gasteiger partial charge in [-0.2, -0.15) is 0 Å². The van der Waals surface area contributed by atoms with Crippen molar-refractivity contribution in [3.63, 3.8) is 0 Å². The summed E-state index contributed by atoms with van der Waals surface area (Å²) in [5.74, 6) is 0.677. The first-order valence-electron chi connectivity index (χ1n) is 8.83. The molecule has 1 N–H and O–H groups in total. The normalized spacial score (nSPS) is 15.2. The maximum atomic E-state index is 12.4. The van der Waals surface area contributed by atoms with Crippen LogP contribution >= 0.6 is 11.3 Å². The molecule has 6 nitrogen and oxygen atoms in total. The molecule has 1 aliphatic rings. The Balaban J connectivity index is 1.57. The third kappa shape index (κ3) is 4.55. The Morgan fingerprint density at radius 1 is 1.27 bits per heavy atom. The number of thiazole rings is 1. The summed E-state index contributed by atoms with van der Waals surface area (Å²) in [6, 6.07) is 4.86. The highest BCUT2D eigenvalue weighted by molar-refractivity contribution is 7.89. The molecule has 1 aromatic carbocycles. The van der Waals surface area contributed by atoms with Crippen LogP contribution in [-0.4, -0.2) is 40.1 Å². The number of methoxy groups -OCH3 is 1. The van der Waals surface area contributed by atoms with Gasteiger partial charge in [0.1, 0.15) is 5.75 Å². The molecule has 3 rings (SSSR count). The van der Waals surface area contributed by atoms with E-state index in [4.69, 9.17) is 4.74 Å². The fourth-order valence-electron chi connectivity index (χ4n) is 3.06. The number of nitrogens with zero attached hydrogens (tertiary/aromatic N) is 2. The quantitative estimate of drug-likeness (QED) is 0.780. The number of aryl methyl sites for hydroxylation is 1. The average Bonchev–Trinajstić information content (AvgIpc) is 3.11. The molecule has 1 fully saturated rings. The minimum absolute atomic E-state index is 0.253. The number of hydrogen-bond donors (Lipinski definition) is 1. The zero-order chi connectivity index (χ0) is 18.6. The Labute approximate surface area is 159 Å². The smallest absolute Gasteiger partial charge is 0.240 e. The van der Waals surface area contributed by atoms with Crippen molar-refractivity contribution in [3.8, 4) is 5.75 Å². The Bertz CT molecular complexity index is 843. The lowest BCUT2D eigenvalue weighted by Gasteiger charge is -2.25. The third-order valence-electron chi connectivity index (χ3n) is 4.52. The molecule has 0 saturated carbocycles. The number of hydrogen-bond acceptors (Lipinski definition) is 6. The van der Waals surface area contributed by atoms with Crippen molar-refractivity contribution in [2.24, 2.45) is 0 Å². The monoisotopic (exact) mass is 395 g/mol. The van der Waals surface area contributed by atoms with Crippen LogP contribution in [0.15, 0.2) is 28.5 Å². The SMILES string of the molecule is COc1ccc(S(=O)(=O)NCCc2csc(N3CCCCC3)n2)cc1C. The van der Waals surface area contributed by atoms with E-state index in [1.807, 2.05) is 12.3 Å². The standard InChI is InChI=1S/C18H25N3O3S2/c1-14-12-16(6-7-17(14)24-2)26(22,23)19-9-8-15-13-25-18(20-15)21-10-4-3-5-11-21/h6-7,12-13,19H,3-5,8-11H2,1-2H3. The predicted octanol–water partition coefficient (Wildman–Crippen LogP) is 2.97. The summed E-state index contributed by atoms with van der Waals surface area (Å²) in [5, 5.41) is 3.07. The lowest BCUT2D eigenvalue weighted by molar-refractivity contribution is 0.411. The van der Waals surface area contributed by atoms with Crippen LogP contribution < -0.4 is 14.4 Å². The van der Waals surface area contributed by atoms with E-state index in [1.54, 1.807) is 36.6 Å². The number of anilines is 1. The van der Waals surface area contributed by atoms with Crippen molar-refractivity contribution in [1.29, 1.82) is 0 Å². The number of aromatic nitrogens is 1.